The minimum Gasteiger partial charge on any atom is -0.493 e. The molecule has 1 saturated heterocycles. The van der Waals surface area contributed by atoms with Gasteiger partial charge in [0.25, 0.3) is 0 Å². The second-order valence-electron chi connectivity index (χ2n) is 10.1. The van der Waals surface area contributed by atoms with Gasteiger partial charge in [-0.2, -0.15) is 0 Å². The van der Waals surface area contributed by atoms with Crippen LogP contribution in [0.15, 0.2) is 42.5 Å². The number of benzene rings is 1. The summed E-state index contributed by atoms with van der Waals surface area (Å²) < 4.78 is 15.6. The molecule has 10 nitrogen and oxygen atoms in total. The number of hydrogen-bond donors (Lipinski definition) is 2. The highest BCUT2D eigenvalue weighted by Crippen LogP contribution is 2.17. The standard InChI is InChI=1S/C24H30N4O5.C5H12O.C2H6/c1-25-22-7-3-5-18(26-22)12-14-33-19-10-8-17(9-11-19)15-20(24(31)32-2)27-23(30)21-6-4-13-28(21)16-29;1-5(2,3)6-4;1-2/h3,5,7-11,16,20-21H,4,6,12-15H2,1-2H3,(H,25,26)(H,27,30);1-4H3;1-2H3. The summed E-state index contributed by atoms with van der Waals surface area (Å²) in [6.45, 7) is 11.1. The fraction of sp³-hybridized carbons (Fsp3) is 0.548. The number of aromatic nitrogens is 1. The van der Waals surface area contributed by atoms with Gasteiger partial charge in [0, 0.05) is 39.2 Å². The van der Waals surface area contributed by atoms with Crippen LogP contribution in [0.4, 0.5) is 5.82 Å². The van der Waals surface area contributed by atoms with Gasteiger partial charge in [-0.3, -0.25) is 9.59 Å². The van der Waals surface area contributed by atoms with E-state index in [1.165, 1.54) is 12.0 Å². The Hall–Kier alpha value is -3.66. The number of pyridine rings is 1. The first-order valence-corrected chi connectivity index (χ1v) is 14.1. The molecule has 41 heavy (non-hydrogen) atoms. The van der Waals surface area contributed by atoms with Gasteiger partial charge >= 0.3 is 5.97 Å². The quantitative estimate of drug-likeness (QED) is 0.306. The van der Waals surface area contributed by atoms with Gasteiger partial charge in [0.15, 0.2) is 0 Å². The summed E-state index contributed by atoms with van der Waals surface area (Å²) in [4.78, 5) is 41.9. The van der Waals surface area contributed by atoms with Crippen molar-refractivity contribution in [1.29, 1.82) is 0 Å². The highest BCUT2D eigenvalue weighted by atomic mass is 16.5. The van der Waals surface area contributed by atoms with Crippen molar-refractivity contribution in [2.24, 2.45) is 0 Å². The number of nitrogens with zero attached hydrogens (tertiary/aromatic N) is 2. The van der Waals surface area contributed by atoms with Gasteiger partial charge in [0.2, 0.25) is 12.3 Å². The zero-order valence-corrected chi connectivity index (χ0v) is 25.9. The number of anilines is 1. The lowest BCUT2D eigenvalue weighted by Gasteiger charge is -2.23. The van der Waals surface area contributed by atoms with E-state index in [2.05, 4.69) is 15.6 Å². The summed E-state index contributed by atoms with van der Waals surface area (Å²) in [5.41, 5.74) is 1.82. The Morgan fingerprint density at radius 3 is 2.34 bits per heavy atom. The van der Waals surface area contributed by atoms with Crippen LogP contribution in [0.5, 0.6) is 5.75 Å². The molecule has 3 rings (SSSR count). The normalized spacial score (nSPS) is 14.8. The fourth-order valence-electron chi connectivity index (χ4n) is 3.79. The molecule has 1 aliphatic rings. The van der Waals surface area contributed by atoms with Gasteiger partial charge in [0.1, 0.15) is 23.7 Å². The van der Waals surface area contributed by atoms with E-state index in [4.69, 9.17) is 14.2 Å². The molecule has 2 N–H and O–H groups in total. The van der Waals surface area contributed by atoms with Crippen molar-refractivity contribution < 1.29 is 28.6 Å². The number of esters is 1. The monoisotopic (exact) mass is 572 g/mol. The van der Waals surface area contributed by atoms with Gasteiger partial charge in [-0.1, -0.05) is 32.0 Å². The lowest BCUT2D eigenvalue weighted by molar-refractivity contribution is -0.145. The van der Waals surface area contributed by atoms with Gasteiger partial charge < -0.3 is 29.7 Å². The minimum atomic E-state index is -0.839. The van der Waals surface area contributed by atoms with Gasteiger partial charge in [0.05, 0.1) is 19.3 Å². The Labute approximate surface area is 245 Å². The molecule has 10 heteroatoms. The van der Waals surface area contributed by atoms with Crippen molar-refractivity contribution in [3.63, 3.8) is 0 Å². The Bertz CT molecular complexity index is 1060. The number of amides is 2. The Balaban J connectivity index is 0.000000931. The molecule has 1 aromatic carbocycles. The molecule has 0 aliphatic carbocycles. The summed E-state index contributed by atoms with van der Waals surface area (Å²) in [5, 5.41) is 5.75. The summed E-state index contributed by atoms with van der Waals surface area (Å²) >= 11 is 0. The number of nitrogens with one attached hydrogen (secondary N) is 2. The van der Waals surface area contributed by atoms with Crippen LogP contribution >= 0.6 is 0 Å². The highest BCUT2D eigenvalue weighted by Gasteiger charge is 2.32. The van der Waals surface area contributed by atoms with Crippen LogP contribution in [-0.2, 0) is 36.7 Å². The van der Waals surface area contributed by atoms with Crippen LogP contribution in [-0.4, -0.2) is 80.3 Å². The smallest absolute Gasteiger partial charge is 0.328 e. The maximum Gasteiger partial charge on any atom is 0.328 e. The summed E-state index contributed by atoms with van der Waals surface area (Å²) in [5.74, 6) is 0.646. The molecule has 0 bridgehead atoms. The predicted octanol–water partition coefficient (Wildman–Crippen LogP) is 4.02. The Morgan fingerprint density at radius 1 is 1.12 bits per heavy atom. The summed E-state index contributed by atoms with van der Waals surface area (Å²) in [7, 11) is 4.82. The first kappa shape index (κ1) is 35.4. The van der Waals surface area contributed by atoms with E-state index < -0.39 is 18.1 Å². The molecule has 2 unspecified atom stereocenters. The molecule has 0 spiro atoms. The molecular weight excluding hydrogens is 524 g/mol. The first-order chi connectivity index (χ1) is 19.6. The van der Waals surface area contributed by atoms with E-state index in [1.807, 2.05) is 84.1 Å². The average Bonchev–Trinajstić information content (AvgIpc) is 3.48. The lowest BCUT2D eigenvalue weighted by atomic mass is 10.0. The Morgan fingerprint density at radius 2 is 1.78 bits per heavy atom. The number of carbonyl (C=O) groups is 3. The molecule has 0 saturated carbocycles. The second kappa shape index (κ2) is 18.6. The third-order valence-electron chi connectivity index (χ3n) is 6.20. The maximum atomic E-state index is 12.6. The summed E-state index contributed by atoms with van der Waals surface area (Å²) in [6, 6.07) is 11.8. The molecule has 228 valence electrons. The van der Waals surface area contributed by atoms with Crippen molar-refractivity contribution in [1.82, 2.24) is 15.2 Å². The topological polar surface area (TPSA) is 119 Å². The van der Waals surface area contributed by atoms with Crippen molar-refractivity contribution in [3.8, 4) is 5.75 Å². The van der Waals surface area contributed by atoms with Crippen molar-refractivity contribution in [2.45, 2.75) is 78.0 Å². The molecular formula is C31H48N4O6. The Kier molecular flexibility index (Phi) is 16.1. The molecule has 2 heterocycles. The van der Waals surface area contributed by atoms with Crippen LogP contribution in [0.1, 0.15) is 58.7 Å². The number of carbonyl (C=O) groups excluding carboxylic acids is 3. The molecule has 2 atom stereocenters. The fourth-order valence-corrected chi connectivity index (χ4v) is 3.79. The zero-order valence-electron chi connectivity index (χ0n) is 25.9. The molecule has 0 radical (unpaired) electrons. The largest absolute Gasteiger partial charge is 0.493 e. The van der Waals surface area contributed by atoms with Crippen LogP contribution in [0, 0.1) is 0 Å². The molecule has 1 aromatic heterocycles. The molecule has 1 aliphatic heterocycles. The van der Waals surface area contributed by atoms with E-state index in [-0.39, 0.29) is 17.9 Å². The van der Waals surface area contributed by atoms with Gasteiger partial charge in [-0.05, 0) is 63.4 Å². The van der Waals surface area contributed by atoms with Crippen molar-refractivity contribution in [2.75, 3.05) is 39.7 Å². The van der Waals surface area contributed by atoms with Crippen LogP contribution < -0.4 is 15.4 Å². The second-order valence-corrected chi connectivity index (χ2v) is 10.1. The van der Waals surface area contributed by atoms with E-state index in [9.17, 15) is 14.4 Å². The third kappa shape index (κ3) is 13.0. The van der Waals surface area contributed by atoms with Crippen LogP contribution in [0.2, 0.25) is 0 Å². The van der Waals surface area contributed by atoms with Gasteiger partial charge in [-0.25, -0.2) is 9.78 Å². The first-order valence-electron chi connectivity index (χ1n) is 14.1. The van der Waals surface area contributed by atoms with Gasteiger partial charge in [-0.15, -0.1) is 0 Å². The van der Waals surface area contributed by atoms with Crippen LogP contribution in [0.3, 0.4) is 0 Å². The SMILES string of the molecule is CC.CNc1cccc(CCOc2ccc(CC(NC(=O)C3CCCN3C=O)C(=O)OC)cc2)n1.COC(C)(C)C. The zero-order chi connectivity index (χ0) is 30.8. The number of methoxy groups -OCH3 is 2. The predicted molar refractivity (Wildman–Crippen MR) is 161 cm³/mol. The van der Waals surface area contributed by atoms with E-state index >= 15 is 0 Å². The third-order valence-corrected chi connectivity index (χ3v) is 6.20. The maximum absolute atomic E-state index is 12.6. The highest BCUT2D eigenvalue weighted by molar-refractivity contribution is 5.89. The van der Waals surface area contributed by atoms with Crippen molar-refractivity contribution >= 4 is 24.1 Å². The van der Waals surface area contributed by atoms with E-state index in [0.29, 0.717) is 38.2 Å². The number of hydrogen-bond acceptors (Lipinski definition) is 8. The van der Waals surface area contributed by atoms with Crippen molar-refractivity contribution in [3.05, 3.63) is 53.7 Å². The van der Waals surface area contributed by atoms with Crippen LogP contribution in [0.25, 0.3) is 0 Å². The lowest BCUT2D eigenvalue weighted by Crippen LogP contribution is -2.50. The van der Waals surface area contributed by atoms with E-state index in [0.717, 1.165) is 23.5 Å². The minimum absolute atomic E-state index is 0.0417. The number of rotatable bonds is 11. The van der Waals surface area contributed by atoms with E-state index in [1.54, 1.807) is 7.11 Å². The molecule has 2 aromatic rings. The molecule has 1 fully saturated rings. The number of ether oxygens (including phenoxy) is 3. The number of likely N-dealkylation sites (tertiary alicyclic amines) is 1. The molecule has 2 amide bonds. The average molecular weight is 573 g/mol. The summed E-state index contributed by atoms with van der Waals surface area (Å²) in [6.07, 6.45) is 2.97.